The largest absolute Gasteiger partial charge is 0.472 e. The quantitative estimate of drug-likeness (QED) is 0.0222. The second kappa shape index (κ2) is 59.7. The first-order valence-corrected chi connectivity index (χ1v) is 37.7. The molecule has 17 nitrogen and oxygen atoms in total. The van der Waals surface area contributed by atoms with Crippen molar-refractivity contribution in [1.29, 1.82) is 0 Å². The molecule has 0 aliphatic carbocycles. The van der Waals surface area contributed by atoms with Gasteiger partial charge in [0.1, 0.15) is 19.3 Å². The van der Waals surface area contributed by atoms with Gasteiger partial charge in [0.15, 0.2) is 12.2 Å². The van der Waals surface area contributed by atoms with Crippen LogP contribution in [0.5, 0.6) is 0 Å². The molecule has 504 valence electrons. The number of phosphoric acid groups is 2. The molecular formula is C66H128O17P2. The van der Waals surface area contributed by atoms with Crippen molar-refractivity contribution in [2.24, 2.45) is 5.92 Å². The Morgan fingerprint density at radius 2 is 0.565 bits per heavy atom. The van der Waals surface area contributed by atoms with Crippen molar-refractivity contribution in [2.45, 2.75) is 355 Å². The van der Waals surface area contributed by atoms with Crippen LogP contribution in [0.1, 0.15) is 336 Å². The fourth-order valence-electron chi connectivity index (χ4n) is 9.90. The zero-order chi connectivity index (χ0) is 62.8. The lowest BCUT2D eigenvalue weighted by Gasteiger charge is -2.21. The molecule has 19 heteroatoms. The lowest BCUT2D eigenvalue weighted by Crippen LogP contribution is -2.30. The van der Waals surface area contributed by atoms with E-state index in [-0.39, 0.29) is 25.7 Å². The third-order valence-electron chi connectivity index (χ3n) is 15.6. The number of esters is 4. The van der Waals surface area contributed by atoms with E-state index >= 15 is 0 Å². The average Bonchev–Trinajstić information content (AvgIpc) is 3.55. The predicted molar refractivity (Wildman–Crippen MR) is 340 cm³/mol. The standard InChI is InChI=1S/C66H128O17P2/c1-6-10-13-16-19-21-23-24-25-26-31-35-40-45-50-64(69)77-56-62(83-66(71)52-47-42-37-32-28-27-29-34-38-43-48-59(5)9-4)58-81-85(74,75)79-54-60(67)53-78-84(72,73)80-57-61(55-76-63(68)49-44-39-33-18-15-12-8-3)82-65(70)51-46-41-36-30-22-20-17-14-11-7-2/h59-62,67H,6-58H2,1-5H3,(H,72,73)(H,74,75)/t59?,60-,61+,62+/m0/s1. The van der Waals surface area contributed by atoms with E-state index in [1.54, 1.807) is 0 Å². The Hall–Kier alpha value is -1.94. The van der Waals surface area contributed by atoms with Crippen molar-refractivity contribution >= 4 is 39.5 Å². The van der Waals surface area contributed by atoms with Gasteiger partial charge in [-0.15, -0.1) is 0 Å². The third-order valence-corrected chi connectivity index (χ3v) is 17.5. The van der Waals surface area contributed by atoms with Crippen LogP contribution in [0.2, 0.25) is 0 Å². The Morgan fingerprint density at radius 3 is 0.835 bits per heavy atom. The van der Waals surface area contributed by atoms with E-state index < -0.39 is 97.5 Å². The van der Waals surface area contributed by atoms with Gasteiger partial charge in [-0.3, -0.25) is 37.3 Å². The predicted octanol–water partition coefficient (Wildman–Crippen LogP) is 18.6. The number of hydrogen-bond acceptors (Lipinski definition) is 15. The molecule has 0 radical (unpaired) electrons. The van der Waals surface area contributed by atoms with Crippen LogP contribution < -0.4 is 0 Å². The molecule has 0 bridgehead atoms. The van der Waals surface area contributed by atoms with Crippen molar-refractivity contribution in [3.63, 3.8) is 0 Å². The van der Waals surface area contributed by atoms with Gasteiger partial charge in [0.05, 0.1) is 26.4 Å². The Morgan fingerprint density at radius 1 is 0.329 bits per heavy atom. The third kappa shape index (κ3) is 59.5. The van der Waals surface area contributed by atoms with E-state index in [9.17, 15) is 43.2 Å². The minimum Gasteiger partial charge on any atom is -0.462 e. The summed E-state index contributed by atoms with van der Waals surface area (Å²) in [6, 6.07) is 0. The van der Waals surface area contributed by atoms with Crippen LogP contribution in [0.4, 0.5) is 0 Å². The Kier molecular flexibility index (Phi) is 58.3. The van der Waals surface area contributed by atoms with Gasteiger partial charge in [-0.05, 0) is 31.6 Å². The first-order chi connectivity index (χ1) is 41.1. The summed E-state index contributed by atoms with van der Waals surface area (Å²) in [5, 5.41) is 10.5. The number of aliphatic hydroxyl groups excluding tert-OH is 1. The molecule has 0 saturated carbocycles. The number of unbranched alkanes of at least 4 members (excludes halogenated alkanes) is 37. The Labute approximate surface area is 517 Å². The lowest BCUT2D eigenvalue weighted by atomic mass is 9.99. The Bertz CT molecular complexity index is 1650. The molecule has 6 atom stereocenters. The summed E-state index contributed by atoms with van der Waals surface area (Å²) >= 11 is 0. The maximum Gasteiger partial charge on any atom is 0.472 e. The minimum absolute atomic E-state index is 0.106. The number of aliphatic hydroxyl groups is 1. The zero-order valence-corrected chi connectivity index (χ0v) is 56.5. The van der Waals surface area contributed by atoms with Crippen molar-refractivity contribution in [3.05, 3.63) is 0 Å². The fourth-order valence-corrected chi connectivity index (χ4v) is 11.5. The molecule has 0 aliphatic heterocycles. The molecule has 0 aromatic carbocycles. The topological polar surface area (TPSA) is 237 Å². The summed E-state index contributed by atoms with van der Waals surface area (Å²) in [6.45, 7) is 7.19. The van der Waals surface area contributed by atoms with Gasteiger partial charge in [0.25, 0.3) is 0 Å². The molecule has 0 aromatic rings. The van der Waals surface area contributed by atoms with Crippen LogP contribution in [0, 0.1) is 5.92 Å². The fraction of sp³-hybridized carbons (Fsp3) is 0.939. The molecule has 0 rings (SSSR count). The highest BCUT2D eigenvalue weighted by atomic mass is 31.2. The maximum atomic E-state index is 13.0. The van der Waals surface area contributed by atoms with Crippen LogP contribution in [0.15, 0.2) is 0 Å². The van der Waals surface area contributed by atoms with Gasteiger partial charge in [-0.1, -0.05) is 285 Å². The summed E-state index contributed by atoms with van der Waals surface area (Å²) in [4.78, 5) is 72.2. The molecule has 85 heavy (non-hydrogen) atoms. The Balaban J connectivity index is 5.21. The highest BCUT2D eigenvalue weighted by Crippen LogP contribution is 2.45. The monoisotopic (exact) mass is 1250 g/mol. The summed E-state index contributed by atoms with van der Waals surface area (Å²) < 4.78 is 68.0. The van der Waals surface area contributed by atoms with E-state index in [4.69, 9.17) is 37.0 Å². The second-order valence-electron chi connectivity index (χ2n) is 24.1. The van der Waals surface area contributed by atoms with Gasteiger partial charge >= 0.3 is 39.5 Å². The summed E-state index contributed by atoms with van der Waals surface area (Å²) in [7, 11) is -9.88. The van der Waals surface area contributed by atoms with Crippen LogP contribution in [-0.2, 0) is 65.4 Å². The molecule has 0 aliphatic rings. The smallest absolute Gasteiger partial charge is 0.462 e. The van der Waals surface area contributed by atoms with E-state index in [1.165, 1.54) is 148 Å². The number of carbonyl (C=O) groups excluding carboxylic acids is 4. The van der Waals surface area contributed by atoms with Crippen LogP contribution in [-0.4, -0.2) is 96.7 Å². The minimum atomic E-state index is -4.95. The van der Waals surface area contributed by atoms with Crippen LogP contribution in [0.25, 0.3) is 0 Å². The van der Waals surface area contributed by atoms with Gasteiger partial charge in [-0.2, -0.15) is 0 Å². The zero-order valence-electron chi connectivity index (χ0n) is 54.7. The number of carbonyl (C=O) groups is 4. The van der Waals surface area contributed by atoms with Crippen LogP contribution >= 0.6 is 15.6 Å². The summed E-state index contributed by atoms with van der Waals surface area (Å²) in [5.74, 6) is -1.33. The highest BCUT2D eigenvalue weighted by Gasteiger charge is 2.30. The highest BCUT2D eigenvalue weighted by molar-refractivity contribution is 7.47. The summed E-state index contributed by atoms with van der Waals surface area (Å²) in [5.41, 5.74) is 0. The molecular weight excluding hydrogens is 1130 g/mol. The average molecular weight is 1260 g/mol. The molecule has 0 amide bonds. The van der Waals surface area contributed by atoms with Crippen LogP contribution in [0.3, 0.4) is 0 Å². The summed E-state index contributed by atoms with van der Waals surface area (Å²) in [6.07, 6.45) is 44.4. The second-order valence-corrected chi connectivity index (χ2v) is 27.0. The first-order valence-electron chi connectivity index (χ1n) is 34.7. The normalized spacial score (nSPS) is 14.5. The number of hydrogen-bond donors (Lipinski definition) is 3. The molecule has 0 heterocycles. The van der Waals surface area contributed by atoms with Gasteiger partial charge in [0, 0.05) is 25.7 Å². The number of ether oxygens (including phenoxy) is 4. The van der Waals surface area contributed by atoms with Crippen molar-refractivity contribution < 1.29 is 80.2 Å². The van der Waals surface area contributed by atoms with Crippen molar-refractivity contribution in [3.8, 4) is 0 Å². The number of rotatable bonds is 66. The van der Waals surface area contributed by atoms with Gasteiger partial charge in [-0.25, -0.2) is 9.13 Å². The lowest BCUT2D eigenvalue weighted by molar-refractivity contribution is -0.161. The first kappa shape index (κ1) is 83.1. The van der Waals surface area contributed by atoms with Crippen molar-refractivity contribution in [1.82, 2.24) is 0 Å². The van der Waals surface area contributed by atoms with Crippen molar-refractivity contribution in [2.75, 3.05) is 39.6 Å². The molecule has 0 saturated heterocycles. The van der Waals surface area contributed by atoms with Gasteiger partial charge < -0.3 is 33.8 Å². The SMILES string of the molecule is CCCCCCCCCCCCCCCCC(=O)OC[C@H](COP(=O)(O)OC[C@@H](O)COP(=O)(O)OC[C@@H](COC(=O)CCCCCCCCC)OC(=O)CCCCCCCCCCCC)OC(=O)CCCCCCCCCCCCC(C)CC. The molecule has 3 unspecified atom stereocenters. The molecule has 3 N–H and O–H groups in total. The molecule has 0 spiro atoms. The van der Waals surface area contributed by atoms with E-state index in [2.05, 4.69) is 34.6 Å². The maximum absolute atomic E-state index is 13.0. The van der Waals surface area contributed by atoms with E-state index in [0.29, 0.717) is 25.7 Å². The van der Waals surface area contributed by atoms with E-state index in [1.807, 2.05) is 0 Å². The number of phosphoric ester groups is 2. The van der Waals surface area contributed by atoms with E-state index in [0.717, 1.165) is 109 Å². The van der Waals surface area contributed by atoms with Gasteiger partial charge in [0.2, 0.25) is 0 Å². The molecule has 0 aromatic heterocycles. The molecule has 0 fully saturated rings.